The third-order valence-corrected chi connectivity index (χ3v) is 7.50. The summed E-state index contributed by atoms with van der Waals surface area (Å²) in [4.78, 5) is 18.1. The first-order chi connectivity index (χ1) is 19.2. The molecule has 0 radical (unpaired) electrons. The van der Waals surface area contributed by atoms with Crippen molar-refractivity contribution in [3.63, 3.8) is 0 Å². The van der Waals surface area contributed by atoms with Gasteiger partial charge in [0.05, 0.1) is 24.9 Å². The summed E-state index contributed by atoms with van der Waals surface area (Å²) in [5, 5.41) is 9.34. The predicted octanol–water partition coefficient (Wildman–Crippen LogP) is 7.29. The van der Waals surface area contributed by atoms with Crippen molar-refractivity contribution in [1.82, 2.24) is 14.8 Å². The van der Waals surface area contributed by atoms with Crippen LogP contribution < -0.4 is 14.8 Å². The molecule has 8 nitrogen and oxygen atoms in total. The molecule has 2 aromatic carbocycles. The Morgan fingerprint density at radius 2 is 1.90 bits per heavy atom. The van der Waals surface area contributed by atoms with Gasteiger partial charge in [-0.1, -0.05) is 61.5 Å². The van der Waals surface area contributed by atoms with Gasteiger partial charge in [0.15, 0.2) is 11.5 Å². The first kappa shape index (κ1) is 29.8. The van der Waals surface area contributed by atoms with Gasteiger partial charge in [0.2, 0.25) is 11.1 Å². The molecule has 0 saturated carbocycles. The number of esters is 1. The zero-order valence-electron chi connectivity index (χ0n) is 23.9. The molecule has 1 aliphatic heterocycles. The smallest absolute Gasteiger partial charge is 0.338 e. The van der Waals surface area contributed by atoms with E-state index in [1.165, 1.54) is 11.8 Å². The number of hydrogen-bond acceptors (Lipinski definition) is 8. The Balaban J connectivity index is 1.72. The standard InChI is InChI=1S/C30H37ClN4O4S/c1-7-37-25-16-21(12-13-24(25)38-15-14-18(2)3)27-26(28(36)39-19(4)5)20(6)32-29-33-30(34-35(27)29)40-17-22-10-8-9-11-23(22)31/h8-13,16,18-19,27H,7,14-15,17H2,1-6H3,(H,32,33,34). The van der Waals surface area contributed by atoms with E-state index in [2.05, 4.69) is 19.2 Å². The van der Waals surface area contributed by atoms with Crippen molar-refractivity contribution in [3.8, 4) is 11.5 Å². The summed E-state index contributed by atoms with van der Waals surface area (Å²) in [6, 6.07) is 12.9. The van der Waals surface area contributed by atoms with Crippen LogP contribution in [0.1, 0.15) is 65.1 Å². The van der Waals surface area contributed by atoms with Crippen molar-refractivity contribution in [3.05, 3.63) is 69.9 Å². The third kappa shape index (κ3) is 7.12. The van der Waals surface area contributed by atoms with E-state index in [4.69, 9.17) is 35.9 Å². The number of carbonyl (C=O) groups is 1. The van der Waals surface area contributed by atoms with Crippen molar-refractivity contribution in [2.45, 2.75) is 71.0 Å². The number of benzene rings is 2. The highest BCUT2D eigenvalue weighted by Crippen LogP contribution is 2.40. The maximum atomic E-state index is 13.4. The van der Waals surface area contributed by atoms with Crippen LogP contribution in [0.3, 0.4) is 0 Å². The van der Waals surface area contributed by atoms with E-state index < -0.39 is 12.0 Å². The van der Waals surface area contributed by atoms with Gasteiger partial charge in [-0.05, 0) is 69.4 Å². The number of halogens is 1. The quantitative estimate of drug-likeness (QED) is 0.175. The minimum Gasteiger partial charge on any atom is -0.490 e. The molecule has 2 heterocycles. The second-order valence-electron chi connectivity index (χ2n) is 10.2. The van der Waals surface area contributed by atoms with E-state index in [9.17, 15) is 4.79 Å². The number of allylic oxidation sites excluding steroid dienone is 1. The van der Waals surface area contributed by atoms with Crippen molar-refractivity contribution in [2.24, 2.45) is 5.92 Å². The van der Waals surface area contributed by atoms with Gasteiger partial charge in [-0.3, -0.25) is 0 Å². The highest BCUT2D eigenvalue weighted by molar-refractivity contribution is 7.98. The average Bonchev–Trinajstić information content (AvgIpc) is 3.30. The zero-order valence-corrected chi connectivity index (χ0v) is 25.4. The Labute approximate surface area is 245 Å². The monoisotopic (exact) mass is 584 g/mol. The molecule has 0 bridgehead atoms. The summed E-state index contributed by atoms with van der Waals surface area (Å²) < 4.78 is 19.4. The van der Waals surface area contributed by atoms with Crippen LogP contribution in [0.2, 0.25) is 5.02 Å². The molecule has 10 heteroatoms. The number of rotatable bonds is 12. The number of aromatic nitrogens is 3. The highest BCUT2D eigenvalue weighted by atomic mass is 35.5. The maximum Gasteiger partial charge on any atom is 0.338 e. The lowest BCUT2D eigenvalue weighted by Crippen LogP contribution is -2.30. The van der Waals surface area contributed by atoms with Crippen LogP contribution >= 0.6 is 23.4 Å². The molecule has 214 valence electrons. The van der Waals surface area contributed by atoms with Crippen molar-refractivity contribution in [1.29, 1.82) is 0 Å². The Bertz CT molecular complexity index is 1370. The molecule has 1 aliphatic rings. The summed E-state index contributed by atoms with van der Waals surface area (Å²) in [6.07, 6.45) is 0.661. The van der Waals surface area contributed by atoms with Crippen molar-refractivity contribution >= 4 is 35.3 Å². The first-order valence-corrected chi connectivity index (χ1v) is 14.9. The molecule has 0 fully saturated rings. The van der Waals surface area contributed by atoms with Gasteiger partial charge in [-0.2, -0.15) is 4.98 Å². The number of thioether (sulfide) groups is 1. The normalized spacial score (nSPS) is 14.8. The third-order valence-electron chi connectivity index (χ3n) is 6.25. The van der Waals surface area contributed by atoms with Crippen LogP contribution in [0.15, 0.2) is 58.9 Å². The van der Waals surface area contributed by atoms with Crippen LogP contribution in [-0.4, -0.2) is 40.1 Å². The lowest BCUT2D eigenvalue weighted by molar-refractivity contribution is -0.143. The van der Waals surface area contributed by atoms with Gasteiger partial charge < -0.3 is 19.5 Å². The fourth-order valence-electron chi connectivity index (χ4n) is 4.29. The van der Waals surface area contributed by atoms with Crippen LogP contribution in [0.4, 0.5) is 5.95 Å². The van der Waals surface area contributed by atoms with Gasteiger partial charge in [0.1, 0.15) is 6.04 Å². The van der Waals surface area contributed by atoms with Crippen LogP contribution in [0.5, 0.6) is 11.5 Å². The molecule has 1 N–H and O–H groups in total. The van der Waals surface area contributed by atoms with Gasteiger partial charge in [0.25, 0.3) is 0 Å². The van der Waals surface area contributed by atoms with Gasteiger partial charge >= 0.3 is 5.97 Å². The number of nitrogens with one attached hydrogen (secondary N) is 1. The lowest BCUT2D eigenvalue weighted by atomic mass is 9.95. The summed E-state index contributed by atoms with van der Waals surface area (Å²) in [5.74, 6) is 2.56. The summed E-state index contributed by atoms with van der Waals surface area (Å²) in [7, 11) is 0. The Kier molecular flexibility index (Phi) is 10.0. The maximum absolute atomic E-state index is 13.4. The van der Waals surface area contributed by atoms with Crippen molar-refractivity contribution in [2.75, 3.05) is 18.5 Å². The van der Waals surface area contributed by atoms with Crippen LogP contribution in [-0.2, 0) is 15.3 Å². The molecule has 0 spiro atoms. The minimum atomic E-state index is -0.575. The molecule has 3 aromatic rings. The topological polar surface area (TPSA) is 87.5 Å². The number of carbonyl (C=O) groups excluding carboxylic acids is 1. The number of nitrogens with zero attached hydrogens (tertiary/aromatic N) is 3. The number of anilines is 1. The SMILES string of the molecule is CCOc1cc(C2C(C(=O)OC(C)C)=C(C)Nc3nc(SCc4ccccc4Cl)nn32)ccc1OCCC(C)C. The largest absolute Gasteiger partial charge is 0.490 e. The van der Waals surface area contributed by atoms with E-state index in [1.54, 1.807) is 4.68 Å². The Hall–Kier alpha value is -3.17. The van der Waals surface area contributed by atoms with Gasteiger partial charge in [-0.15, -0.1) is 5.10 Å². The van der Waals surface area contributed by atoms with Crippen LogP contribution in [0, 0.1) is 5.92 Å². The molecule has 40 heavy (non-hydrogen) atoms. The average molecular weight is 585 g/mol. The molecular formula is C30H37ClN4O4S. The molecule has 0 saturated heterocycles. The van der Waals surface area contributed by atoms with E-state index in [1.807, 2.05) is 70.2 Å². The Morgan fingerprint density at radius 3 is 2.60 bits per heavy atom. The zero-order chi connectivity index (χ0) is 28.8. The van der Waals surface area contributed by atoms with Gasteiger partial charge in [0, 0.05) is 16.5 Å². The van der Waals surface area contributed by atoms with E-state index in [0.717, 1.165) is 17.5 Å². The minimum absolute atomic E-state index is 0.275. The van der Waals surface area contributed by atoms with E-state index >= 15 is 0 Å². The second kappa shape index (κ2) is 13.5. The molecule has 4 rings (SSSR count). The molecule has 0 aliphatic carbocycles. The summed E-state index contributed by atoms with van der Waals surface area (Å²) in [5.41, 5.74) is 2.93. The molecular weight excluding hydrogens is 548 g/mol. The van der Waals surface area contributed by atoms with Crippen molar-refractivity contribution < 1.29 is 19.0 Å². The fraction of sp³-hybridized carbons (Fsp3) is 0.433. The Morgan fingerprint density at radius 1 is 1.12 bits per heavy atom. The summed E-state index contributed by atoms with van der Waals surface area (Å²) in [6.45, 7) is 12.8. The highest BCUT2D eigenvalue weighted by Gasteiger charge is 2.36. The van der Waals surface area contributed by atoms with E-state index in [0.29, 0.717) is 63.8 Å². The molecule has 0 amide bonds. The summed E-state index contributed by atoms with van der Waals surface area (Å²) >= 11 is 7.84. The van der Waals surface area contributed by atoms with Gasteiger partial charge in [-0.25, -0.2) is 9.48 Å². The second-order valence-corrected chi connectivity index (χ2v) is 11.6. The fourth-order valence-corrected chi connectivity index (χ4v) is 5.40. The lowest BCUT2D eigenvalue weighted by Gasteiger charge is -2.29. The van der Waals surface area contributed by atoms with Crippen LogP contribution in [0.25, 0.3) is 0 Å². The number of ether oxygens (including phenoxy) is 3. The number of hydrogen-bond donors (Lipinski definition) is 1. The molecule has 1 aromatic heterocycles. The predicted molar refractivity (Wildman–Crippen MR) is 159 cm³/mol. The first-order valence-electron chi connectivity index (χ1n) is 13.6. The molecule has 1 unspecified atom stereocenters. The van der Waals surface area contributed by atoms with E-state index in [-0.39, 0.29) is 6.10 Å². The molecule has 1 atom stereocenters. The number of fused-ring (bicyclic) bond motifs is 1.